The van der Waals surface area contributed by atoms with Gasteiger partial charge in [0.25, 0.3) is 11.6 Å². The maximum Gasteiger partial charge on any atom is 0.272 e. The van der Waals surface area contributed by atoms with Crippen LogP contribution in [0.2, 0.25) is 0 Å². The molecule has 2 aromatic carbocycles. The first-order valence-corrected chi connectivity index (χ1v) is 9.57. The number of hydrogen-bond donors (Lipinski definition) is 0. The topological polar surface area (TPSA) is 86.7 Å². The molecule has 8 heteroatoms. The summed E-state index contributed by atoms with van der Waals surface area (Å²) in [6.45, 7) is 3.45. The number of benzene rings is 2. The summed E-state index contributed by atoms with van der Waals surface area (Å²) in [7, 11) is 0. The Labute approximate surface area is 165 Å². The zero-order valence-electron chi connectivity index (χ0n) is 15.3. The van der Waals surface area contributed by atoms with Crippen molar-refractivity contribution in [3.8, 4) is 0 Å². The Kier molecular flexibility index (Phi) is 6.46. The Bertz CT molecular complexity index is 1080. The first kappa shape index (κ1) is 19.7. The summed E-state index contributed by atoms with van der Waals surface area (Å²) in [5.74, 6) is -0.393. The molecule has 0 unspecified atom stereocenters. The SMILES string of the molecule is CCOCCn1c(=NC(=O)C=Cc2ccccc2)sc2cc([N+](=O)[O-])ccc21. The van der Waals surface area contributed by atoms with Gasteiger partial charge in [0.05, 0.1) is 21.7 Å². The molecule has 3 aromatic rings. The van der Waals surface area contributed by atoms with Crippen LogP contribution in [0, 0.1) is 10.1 Å². The van der Waals surface area contributed by atoms with Gasteiger partial charge in [0.1, 0.15) is 0 Å². The number of nitrogens with zero attached hydrogens (tertiary/aromatic N) is 3. The third-order valence-corrected chi connectivity index (χ3v) is 5.01. The number of carbonyl (C=O) groups excluding carboxylic acids is 1. The van der Waals surface area contributed by atoms with Crippen molar-refractivity contribution in [2.45, 2.75) is 13.5 Å². The van der Waals surface area contributed by atoms with Crippen LogP contribution in [0.15, 0.2) is 59.6 Å². The summed E-state index contributed by atoms with van der Waals surface area (Å²) in [6.07, 6.45) is 3.11. The molecule has 0 aliphatic rings. The van der Waals surface area contributed by atoms with Crippen molar-refractivity contribution in [2.24, 2.45) is 4.99 Å². The van der Waals surface area contributed by atoms with Gasteiger partial charge in [-0.05, 0) is 24.6 Å². The van der Waals surface area contributed by atoms with E-state index in [9.17, 15) is 14.9 Å². The van der Waals surface area contributed by atoms with Crippen LogP contribution in [0.25, 0.3) is 16.3 Å². The number of thiazole rings is 1. The van der Waals surface area contributed by atoms with Crippen molar-refractivity contribution in [1.82, 2.24) is 4.57 Å². The van der Waals surface area contributed by atoms with Crippen molar-refractivity contribution in [1.29, 1.82) is 0 Å². The molecule has 0 bridgehead atoms. The Hall–Kier alpha value is -3.10. The van der Waals surface area contributed by atoms with Gasteiger partial charge in [-0.15, -0.1) is 0 Å². The predicted octanol–water partition coefficient (Wildman–Crippen LogP) is 3.79. The molecule has 1 amide bonds. The fourth-order valence-electron chi connectivity index (χ4n) is 2.64. The van der Waals surface area contributed by atoms with Gasteiger partial charge in [0.15, 0.2) is 4.80 Å². The molecule has 0 radical (unpaired) electrons. The van der Waals surface area contributed by atoms with Gasteiger partial charge in [-0.2, -0.15) is 4.99 Å². The third-order valence-electron chi connectivity index (χ3n) is 3.96. The molecule has 28 heavy (non-hydrogen) atoms. The average molecular weight is 397 g/mol. The van der Waals surface area contributed by atoms with Gasteiger partial charge in [-0.25, -0.2) is 0 Å². The van der Waals surface area contributed by atoms with Gasteiger partial charge in [0.2, 0.25) is 0 Å². The smallest absolute Gasteiger partial charge is 0.272 e. The molecule has 3 rings (SSSR count). The van der Waals surface area contributed by atoms with E-state index in [4.69, 9.17) is 4.74 Å². The fraction of sp³-hybridized carbons (Fsp3) is 0.200. The molecular formula is C20H19N3O4S. The molecule has 0 aliphatic heterocycles. The monoisotopic (exact) mass is 397 g/mol. The van der Waals surface area contributed by atoms with E-state index in [0.717, 1.165) is 11.1 Å². The van der Waals surface area contributed by atoms with Gasteiger partial charge >= 0.3 is 0 Å². The first-order valence-electron chi connectivity index (χ1n) is 8.76. The summed E-state index contributed by atoms with van der Waals surface area (Å²) in [4.78, 5) is 27.6. The van der Waals surface area contributed by atoms with Crippen LogP contribution >= 0.6 is 11.3 Å². The van der Waals surface area contributed by atoms with E-state index in [1.54, 1.807) is 12.1 Å². The van der Waals surface area contributed by atoms with Crippen molar-refractivity contribution < 1.29 is 14.5 Å². The quantitative estimate of drug-likeness (QED) is 0.263. The van der Waals surface area contributed by atoms with Gasteiger partial charge in [-0.1, -0.05) is 41.7 Å². The van der Waals surface area contributed by atoms with E-state index in [2.05, 4.69) is 4.99 Å². The standard InChI is InChI=1S/C20H19N3O4S/c1-2-27-13-12-22-17-10-9-16(23(25)26)14-18(17)28-20(22)21-19(24)11-8-15-6-4-3-5-7-15/h3-11,14H,2,12-13H2,1H3. The van der Waals surface area contributed by atoms with Gasteiger partial charge in [-0.3, -0.25) is 14.9 Å². The van der Waals surface area contributed by atoms with E-state index in [1.807, 2.05) is 41.8 Å². The molecule has 0 spiro atoms. The summed E-state index contributed by atoms with van der Waals surface area (Å²) in [5, 5.41) is 11.0. The highest BCUT2D eigenvalue weighted by atomic mass is 32.1. The second-order valence-corrected chi connectivity index (χ2v) is 6.85. The minimum atomic E-state index is -0.436. The average Bonchev–Trinajstić information content (AvgIpc) is 3.03. The normalized spacial score (nSPS) is 12.1. The number of nitro benzene ring substituents is 1. The Morgan fingerprint density at radius 2 is 2.07 bits per heavy atom. The zero-order valence-corrected chi connectivity index (χ0v) is 16.1. The molecule has 1 aromatic heterocycles. The molecule has 144 valence electrons. The first-order chi connectivity index (χ1) is 13.6. The lowest BCUT2D eigenvalue weighted by molar-refractivity contribution is -0.384. The highest BCUT2D eigenvalue weighted by Crippen LogP contribution is 2.23. The largest absolute Gasteiger partial charge is 0.380 e. The van der Waals surface area contributed by atoms with Gasteiger partial charge < -0.3 is 9.30 Å². The second-order valence-electron chi connectivity index (χ2n) is 5.84. The van der Waals surface area contributed by atoms with E-state index >= 15 is 0 Å². The van der Waals surface area contributed by atoms with E-state index in [0.29, 0.717) is 29.3 Å². The predicted molar refractivity (Wildman–Crippen MR) is 109 cm³/mol. The Morgan fingerprint density at radius 1 is 1.29 bits per heavy atom. The lowest BCUT2D eigenvalue weighted by atomic mass is 10.2. The molecule has 0 N–H and O–H groups in total. The fourth-order valence-corrected chi connectivity index (χ4v) is 3.73. The van der Waals surface area contributed by atoms with Crippen LogP contribution in [-0.2, 0) is 16.1 Å². The number of fused-ring (bicyclic) bond motifs is 1. The molecule has 0 aliphatic carbocycles. The molecular weight excluding hydrogens is 378 g/mol. The van der Waals surface area contributed by atoms with Crippen LogP contribution in [-0.4, -0.2) is 28.6 Å². The number of non-ortho nitro benzene ring substituents is 1. The zero-order chi connectivity index (χ0) is 19.9. The van der Waals surface area contributed by atoms with Crippen molar-refractivity contribution >= 4 is 39.2 Å². The Balaban J connectivity index is 1.98. The number of aromatic nitrogens is 1. The highest BCUT2D eigenvalue weighted by molar-refractivity contribution is 7.16. The minimum Gasteiger partial charge on any atom is -0.380 e. The maximum absolute atomic E-state index is 12.3. The number of nitro groups is 1. The van der Waals surface area contributed by atoms with Crippen LogP contribution in [0.5, 0.6) is 0 Å². The van der Waals surface area contributed by atoms with E-state index in [1.165, 1.54) is 29.5 Å². The summed E-state index contributed by atoms with van der Waals surface area (Å²) < 4.78 is 7.97. The van der Waals surface area contributed by atoms with Gasteiger partial charge in [0, 0.05) is 31.4 Å². The lowest BCUT2D eigenvalue weighted by Crippen LogP contribution is -2.19. The van der Waals surface area contributed by atoms with Crippen molar-refractivity contribution in [3.05, 3.63) is 75.1 Å². The number of ether oxygens (including phenoxy) is 1. The molecule has 7 nitrogen and oxygen atoms in total. The van der Waals surface area contributed by atoms with Crippen LogP contribution in [0.3, 0.4) is 0 Å². The van der Waals surface area contributed by atoms with E-state index < -0.39 is 10.8 Å². The molecule has 0 fully saturated rings. The molecule has 0 saturated carbocycles. The summed E-state index contributed by atoms with van der Waals surface area (Å²) >= 11 is 1.25. The van der Waals surface area contributed by atoms with Crippen molar-refractivity contribution in [2.75, 3.05) is 13.2 Å². The van der Waals surface area contributed by atoms with Crippen molar-refractivity contribution in [3.63, 3.8) is 0 Å². The number of amides is 1. The lowest BCUT2D eigenvalue weighted by Gasteiger charge is -2.05. The number of hydrogen-bond acceptors (Lipinski definition) is 5. The van der Waals surface area contributed by atoms with E-state index in [-0.39, 0.29) is 5.69 Å². The van der Waals surface area contributed by atoms with Crippen LogP contribution in [0.1, 0.15) is 12.5 Å². The maximum atomic E-state index is 12.3. The highest BCUT2D eigenvalue weighted by Gasteiger charge is 2.12. The van der Waals surface area contributed by atoms with Crippen LogP contribution in [0.4, 0.5) is 5.69 Å². The van der Waals surface area contributed by atoms with Crippen LogP contribution < -0.4 is 4.80 Å². The minimum absolute atomic E-state index is 0.00700. The third kappa shape index (κ3) is 4.79. The summed E-state index contributed by atoms with van der Waals surface area (Å²) in [5.41, 5.74) is 1.70. The molecule has 0 atom stereocenters. The molecule has 0 saturated heterocycles. The second kappa shape index (κ2) is 9.20. The number of carbonyl (C=O) groups is 1. The molecule has 1 heterocycles. The number of rotatable bonds is 7. The summed E-state index contributed by atoms with van der Waals surface area (Å²) in [6, 6.07) is 14.1. The Morgan fingerprint density at radius 3 is 2.79 bits per heavy atom.